The molecule has 0 aromatic heterocycles. The minimum absolute atomic E-state index is 0.106. The summed E-state index contributed by atoms with van der Waals surface area (Å²) in [5, 5.41) is 22.7. The number of nitrogens with one attached hydrogen (secondary N) is 1. The predicted molar refractivity (Wildman–Crippen MR) is 121 cm³/mol. The van der Waals surface area contributed by atoms with E-state index in [1.54, 1.807) is 40.7 Å². The van der Waals surface area contributed by atoms with E-state index >= 15 is 0 Å². The summed E-state index contributed by atoms with van der Waals surface area (Å²) in [5.74, 6) is 2.72. The molecule has 0 saturated heterocycles. The Morgan fingerprint density at radius 3 is 2.29 bits per heavy atom. The maximum atomic E-state index is 13.0. The second-order valence-electron chi connectivity index (χ2n) is 8.53. The maximum Gasteiger partial charge on any atom is 0.416 e. The number of aliphatic hydroxyl groups excluding tert-OH is 2. The second-order valence-corrected chi connectivity index (χ2v) is 8.53. The van der Waals surface area contributed by atoms with Crippen LogP contribution in [0.3, 0.4) is 0 Å². The molecule has 0 radical (unpaired) electrons. The Balaban J connectivity index is 2.63. The van der Waals surface area contributed by atoms with Gasteiger partial charge in [-0.15, -0.1) is 0 Å². The van der Waals surface area contributed by atoms with Gasteiger partial charge in [0.1, 0.15) is 23.6 Å². The summed E-state index contributed by atoms with van der Waals surface area (Å²) in [7, 11) is 0. The third kappa shape index (κ3) is 6.89. The lowest BCUT2D eigenvalue weighted by Gasteiger charge is -2.23. The van der Waals surface area contributed by atoms with Gasteiger partial charge in [-0.2, -0.15) is 13.2 Å². The summed E-state index contributed by atoms with van der Waals surface area (Å²) in [6.07, 6.45) is -4.09. The van der Waals surface area contributed by atoms with Gasteiger partial charge in [0.05, 0.1) is 12.2 Å². The van der Waals surface area contributed by atoms with Crippen molar-refractivity contribution in [3.05, 3.63) is 52.6 Å². The number of amides is 1. The molecule has 1 unspecified atom stereocenters. The van der Waals surface area contributed by atoms with Crippen LogP contribution in [0.25, 0.3) is 11.1 Å². The van der Waals surface area contributed by atoms with Gasteiger partial charge < -0.3 is 25.0 Å². The predicted octanol–water partition coefficient (Wildman–Crippen LogP) is 5.09. The molecule has 0 fully saturated rings. The van der Waals surface area contributed by atoms with Gasteiger partial charge in [-0.05, 0) is 62.6 Å². The van der Waals surface area contributed by atoms with Gasteiger partial charge in [-0.3, -0.25) is 0 Å². The Kier molecular flexibility index (Phi) is 8.59. The highest BCUT2D eigenvalue weighted by atomic mass is 19.4. The van der Waals surface area contributed by atoms with Crippen LogP contribution in [0.5, 0.6) is 5.75 Å². The molecule has 0 aliphatic rings. The van der Waals surface area contributed by atoms with E-state index in [1.807, 2.05) is 0 Å². The molecule has 34 heavy (non-hydrogen) atoms. The fourth-order valence-corrected chi connectivity index (χ4v) is 3.29. The van der Waals surface area contributed by atoms with Crippen LogP contribution >= 0.6 is 0 Å². The molecule has 0 saturated carbocycles. The summed E-state index contributed by atoms with van der Waals surface area (Å²) >= 11 is 0. The molecule has 0 heterocycles. The standard InChI is InChI=1S/C25H28F3NO5/c1-6-11-33-22-15(2)19(16-7-9-18(10-8-16)25(26,27)28)12-17(21(22)20(31)14-30)13-29-23(32)34-24(3,4)5/h7-10,12,20,30-31H,13-14H2,1-5H3,(H,29,32). The van der Waals surface area contributed by atoms with Crippen LogP contribution in [0, 0.1) is 19.0 Å². The maximum absolute atomic E-state index is 13.0. The van der Waals surface area contributed by atoms with Crippen LogP contribution in [0.1, 0.15) is 56.1 Å². The third-order valence-electron chi connectivity index (χ3n) is 4.76. The molecule has 0 spiro atoms. The fourth-order valence-electron chi connectivity index (χ4n) is 3.29. The molecular weight excluding hydrogens is 451 g/mol. The van der Waals surface area contributed by atoms with Gasteiger partial charge in [0.15, 0.2) is 0 Å². The van der Waals surface area contributed by atoms with Crippen molar-refractivity contribution in [2.45, 2.75) is 59.0 Å². The summed E-state index contributed by atoms with van der Waals surface area (Å²) in [5.41, 5.74) is 0.517. The third-order valence-corrected chi connectivity index (χ3v) is 4.76. The monoisotopic (exact) mass is 479 g/mol. The molecule has 2 aromatic carbocycles. The van der Waals surface area contributed by atoms with Crippen LogP contribution in [-0.2, 0) is 17.5 Å². The minimum Gasteiger partial charge on any atom is -0.444 e. The number of hydrogen-bond acceptors (Lipinski definition) is 5. The normalized spacial score (nSPS) is 12.4. The van der Waals surface area contributed by atoms with E-state index in [0.29, 0.717) is 22.3 Å². The van der Waals surface area contributed by atoms with E-state index in [-0.39, 0.29) is 17.9 Å². The Labute approximate surface area is 196 Å². The van der Waals surface area contributed by atoms with Crippen LogP contribution in [0.2, 0.25) is 0 Å². The number of benzene rings is 2. The van der Waals surface area contributed by atoms with Crippen molar-refractivity contribution in [2.24, 2.45) is 0 Å². The zero-order valence-electron chi connectivity index (χ0n) is 19.6. The van der Waals surface area contributed by atoms with Crippen LogP contribution < -0.4 is 10.1 Å². The van der Waals surface area contributed by atoms with Gasteiger partial charge in [0.25, 0.3) is 0 Å². The van der Waals surface area contributed by atoms with E-state index in [2.05, 4.69) is 17.3 Å². The van der Waals surface area contributed by atoms with Gasteiger partial charge in [0.2, 0.25) is 0 Å². The number of alkyl carbamates (subject to hydrolysis) is 1. The van der Waals surface area contributed by atoms with Crippen LogP contribution in [0.15, 0.2) is 30.3 Å². The first-order valence-corrected chi connectivity index (χ1v) is 10.5. The molecule has 3 N–H and O–H groups in total. The molecule has 1 amide bonds. The van der Waals surface area contributed by atoms with Crippen molar-refractivity contribution < 1.29 is 37.7 Å². The van der Waals surface area contributed by atoms with Gasteiger partial charge in [-0.1, -0.05) is 18.1 Å². The first-order chi connectivity index (χ1) is 15.8. The molecule has 0 aliphatic carbocycles. The molecular formula is C25H28F3NO5. The van der Waals surface area contributed by atoms with Crippen molar-refractivity contribution in [1.29, 1.82) is 0 Å². The van der Waals surface area contributed by atoms with Crippen molar-refractivity contribution in [2.75, 3.05) is 6.61 Å². The number of carbonyl (C=O) groups excluding carboxylic acids is 1. The lowest BCUT2D eigenvalue weighted by Crippen LogP contribution is -2.32. The van der Waals surface area contributed by atoms with E-state index in [9.17, 15) is 28.2 Å². The van der Waals surface area contributed by atoms with E-state index in [1.165, 1.54) is 12.1 Å². The lowest BCUT2D eigenvalue weighted by molar-refractivity contribution is -0.137. The van der Waals surface area contributed by atoms with E-state index in [0.717, 1.165) is 12.1 Å². The summed E-state index contributed by atoms with van der Waals surface area (Å²) in [6.45, 7) is 7.59. The van der Waals surface area contributed by atoms with E-state index in [4.69, 9.17) is 9.47 Å². The van der Waals surface area contributed by atoms with Crippen LogP contribution in [-0.4, -0.2) is 28.5 Å². The van der Waals surface area contributed by atoms with Crippen molar-refractivity contribution in [3.63, 3.8) is 0 Å². The van der Waals surface area contributed by atoms with Crippen molar-refractivity contribution in [1.82, 2.24) is 5.32 Å². The molecule has 9 heteroatoms. The molecule has 0 aliphatic heterocycles. The Morgan fingerprint density at radius 2 is 1.79 bits per heavy atom. The zero-order chi connectivity index (χ0) is 25.7. The number of aliphatic hydroxyl groups is 2. The Hall–Kier alpha value is -3.22. The molecule has 6 nitrogen and oxygen atoms in total. The van der Waals surface area contributed by atoms with Crippen molar-refractivity contribution >= 4 is 6.09 Å². The second kappa shape index (κ2) is 10.8. The van der Waals surface area contributed by atoms with Gasteiger partial charge in [0, 0.05) is 24.6 Å². The summed E-state index contributed by atoms with van der Waals surface area (Å²) < 4.78 is 49.8. The number of alkyl halides is 3. The molecule has 184 valence electrons. The first kappa shape index (κ1) is 27.0. The minimum atomic E-state index is -4.48. The molecule has 1 atom stereocenters. The first-order valence-electron chi connectivity index (χ1n) is 10.5. The number of hydrogen-bond donors (Lipinski definition) is 3. The topological polar surface area (TPSA) is 88.0 Å². The highest BCUT2D eigenvalue weighted by Gasteiger charge is 2.30. The largest absolute Gasteiger partial charge is 0.444 e. The Morgan fingerprint density at radius 1 is 1.18 bits per heavy atom. The average molecular weight is 479 g/mol. The molecule has 2 rings (SSSR count). The smallest absolute Gasteiger partial charge is 0.416 e. The fraction of sp³-hybridized carbons (Fsp3) is 0.400. The average Bonchev–Trinajstić information content (AvgIpc) is 2.74. The summed E-state index contributed by atoms with van der Waals surface area (Å²) in [6, 6.07) is 6.21. The van der Waals surface area contributed by atoms with Crippen molar-refractivity contribution in [3.8, 4) is 28.9 Å². The SMILES string of the molecule is CC#COc1c(C)c(-c2ccc(C(F)(F)F)cc2)cc(CNC(=O)OC(C)(C)C)c1C(O)CO. The van der Waals surface area contributed by atoms with Crippen LogP contribution in [0.4, 0.5) is 18.0 Å². The number of carbonyl (C=O) groups is 1. The number of halogens is 3. The van der Waals surface area contributed by atoms with E-state index < -0.39 is 36.1 Å². The number of ether oxygens (including phenoxy) is 2. The molecule has 2 aromatic rings. The molecule has 0 bridgehead atoms. The Bertz CT molecular complexity index is 1080. The highest BCUT2D eigenvalue weighted by Crippen LogP contribution is 2.40. The number of rotatable bonds is 6. The zero-order valence-corrected chi connectivity index (χ0v) is 19.6. The highest BCUT2D eigenvalue weighted by molar-refractivity contribution is 5.74. The van der Waals surface area contributed by atoms with Gasteiger partial charge in [-0.25, -0.2) is 4.79 Å². The summed E-state index contributed by atoms with van der Waals surface area (Å²) in [4.78, 5) is 12.2. The van der Waals surface area contributed by atoms with Gasteiger partial charge >= 0.3 is 12.3 Å². The quantitative estimate of drug-likeness (QED) is 0.503. The lowest BCUT2D eigenvalue weighted by atomic mass is 9.90.